The van der Waals surface area contributed by atoms with E-state index in [-0.39, 0.29) is 17.5 Å². The molecule has 3 rings (SSSR count). The Morgan fingerprint density at radius 1 is 1.37 bits per heavy atom. The van der Waals surface area contributed by atoms with E-state index in [1.165, 1.54) is 18.2 Å². The van der Waals surface area contributed by atoms with Gasteiger partial charge in [-0.2, -0.15) is 13.2 Å². The summed E-state index contributed by atoms with van der Waals surface area (Å²) in [6, 6.07) is 5.97. The molecule has 1 fully saturated rings. The third kappa shape index (κ3) is 4.97. The maximum atomic E-state index is 12.5. The first-order chi connectivity index (χ1) is 12.8. The highest BCUT2D eigenvalue weighted by Crippen LogP contribution is 2.23. The van der Waals surface area contributed by atoms with Crippen LogP contribution in [0.1, 0.15) is 35.1 Å². The number of amides is 1. The molecule has 0 saturated carbocycles. The van der Waals surface area contributed by atoms with E-state index in [9.17, 15) is 18.0 Å². The highest BCUT2D eigenvalue weighted by Gasteiger charge is 2.28. The summed E-state index contributed by atoms with van der Waals surface area (Å²) in [6.07, 6.45) is -2.61. The lowest BCUT2D eigenvalue weighted by molar-refractivity contribution is -0.153. The van der Waals surface area contributed by atoms with Crippen LogP contribution in [0.3, 0.4) is 0 Å². The number of nitrogens with one attached hydrogen (secondary N) is 2. The molecule has 1 saturated heterocycles. The van der Waals surface area contributed by atoms with E-state index >= 15 is 0 Å². The molecule has 0 radical (unpaired) electrons. The molecule has 1 aromatic heterocycles. The van der Waals surface area contributed by atoms with Crippen molar-refractivity contribution >= 4 is 11.6 Å². The summed E-state index contributed by atoms with van der Waals surface area (Å²) in [6.45, 7) is 2.15. The van der Waals surface area contributed by atoms with Crippen LogP contribution >= 0.6 is 0 Å². The third-order valence-electron chi connectivity index (χ3n) is 4.29. The number of ether oxygens (including phenoxy) is 1. The molecular weight excluding hydrogens is 363 g/mol. The van der Waals surface area contributed by atoms with Crippen LogP contribution in [0.25, 0.3) is 0 Å². The fourth-order valence-corrected chi connectivity index (χ4v) is 2.97. The molecule has 0 unspecified atom stereocenters. The molecule has 1 aromatic carbocycles. The molecule has 1 aliphatic heterocycles. The normalized spacial score (nSPS) is 15.6. The number of hydrogen-bond donors (Lipinski definition) is 2. The van der Waals surface area contributed by atoms with Gasteiger partial charge in [-0.3, -0.25) is 4.79 Å². The molecule has 2 aromatic rings. The number of piperidine rings is 1. The molecular formula is C17H20F3N5O2. The van der Waals surface area contributed by atoms with Crippen molar-refractivity contribution in [2.75, 3.05) is 25.0 Å². The number of benzene rings is 1. The lowest BCUT2D eigenvalue weighted by atomic mass is 10.1. The van der Waals surface area contributed by atoms with Gasteiger partial charge in [0, 0.05) is 11.8 Å². The van der Waals surface area contributed by atoms with Crippen LogP contribution in [-0.2, 0) is 0 Å². The van der Waals surface area contributed by atoms with E-state index in [4.69, 9.17) is 4.74 Å². The van der Waals surface area contributed by atoms with Gasteiger partial charge in [0.2, 0.25) is 0 Å². The Morgan fingerprint density at radius 3 is 2.81 bits per heavy atom. The number of anilines is 1. The molecule has 2 heterocycles. The summed E-state index contributed by atoms with van der Waals surface area (Å²) in [5.41, 5.74) is 1.16. The molecule has 0 aliphatic carbocycles. The lowest BCUT2D eigenvalue weighted by Gasteiger charge is -2.23. The molecule has 0 bridgehead atoms. The van der Waals surface area contributed by atoms with Gasteiger partial charge in [-0.15, -0.1) is 5.10 Å². The van der Waals surface area contributed by atoms with Crippen molar-refractivity contribution in [1.82, 2.24) is 20.3 Å². The highest BCUT2D eigenvalue weighted by atomic mass is 19.4. The number of rotatable bonds is 5. The van der Waals surface area contributed by atoms with Crippen LogP contribution in [0.4, 0.5) is 18.9 Å². The van der Waals surface area contributed by atoms with Crippen molar-refractivity contribution < 1.29 is 22.7 Å². The molecule has 1 amide bonds. The second-order valence-electron chi connectivity index (χ2n) is 6.34. The first-order valence-electron chi connectivity index (χ1n) is 8.57. The van der Waals surface area contributed by atoms with Gasteiger partial charge in [0.25, 0.3) is 5.91 Å². The van der Waals surface area contributed by atoms with Crippen LogP contribution in [0.2, 0.25) is 0 Å². The average molecular weight is 383 g/mol. The Morgan fingerprint density at radius 2 is 2.11 bits per heavy atom. The Labute approximate surface area is 153 Å². The number of alkyl halides is 3. The summed E-state index contributed by atoms with van der Waals surface area (Å²) in [5.74, 6) is -0.458. The largest absolute Gasteiger partial charge is 0.484 e. The van der Waals surface area contributed by atoms with Crippen LogP contribution in [-0.4, -0.2) is 46.8 Å². The number of hydrogen-bond acceptors (Lipinski definition) is 5. The number of aromatic nitrogens is 3. The molecule has 7 nitrogen and oxygen atoms in total. The molecule has 1 aliphatic rings. The van der Waals surface area contributed by atoms with Crippen molar-refractivity contribution in [2.24, 2.45) is 0 Å². The van der Waals surface area contributed by atoms with Crippen molar-refractivity contribution in [3.8, 4) is 5.75 Å². The molecule has 10 heteroatoms. The van der Waals surface area contributed by atoms with Crippen molar-refractivity contribution in [3.63, 3.8) is 0 Å². The van der Waals surface area contributed by atoms with Gasteiger partial charge in [0.15, 0.2) is 12.3 Å². The molecule has 27 heavy (non-hydrogen) atoms. The number of carbonyl (C=O) groups is 1. The van der Waals surface area contributed by atoms with Crippen LogP contribution in [0, 0.1) is 6.92 Å². The lowest BCUT2D eigenvalue weighted by Crippen LogP contribution is -2.30. The minimum absolute atomic E-state index is 0.0141. The van der Waals surface area contributed by atoms with Crippen LogP contribution in [0.15, 0.2) is 24.3 Å². The monoisotopic (exact) mass is 383 g/mol. The van der Waals surface area contributed by atoms with Gasteiger partial charge in [-0.1, -0.05) is 11.3 Å². The zero-order valence-electron chi connectivity index (χ0n) is 14.7. The van der Waals surface area contributed by atoms with E-state index in [0.29, 0.717) is 11.4 Å². The Kier molecular flexibility index (Phi) is 5.64. The second kappa shape index (κ2) is 7.95. The SMILES string of the molecule is Cc1c(C(=O)Nc2cccc(OCC(F)(F)F)c2)nnn1C1CCNCC1. The Balaban J connectivity index is 1.68. The predicted octanol–water partition coefficient (Wildman–Crippen LogP) is 2.70. The standard InChI is InChI=1S/C17H20F3N5O2/c1-11-15(23-24-25(11)13-5-7-21-8-6-13)16(26)22-12-3-2-4-14(9-12)27-10-17(18,19)20/h2-4,9,13,21H,5-8,10H2,1H3,(H,22,26). The zero-order chi connectivity index (χ0) is 19.4. The zero-order valence-corrected chi connectivity index (χ0v) is 14.7. The van der Waals surface area contributed by atoms with E-state index in [1.54, 1.807) is 17.7 Å². The van der Waals surface area contributed by atoms with E-state index in [0.717, 1.165) is 25.9 Å². The van der Waals surface area contributed by atoms with Crippen molar-refractivity contribution in [1.29, 1.82) is 0 Å². The molecule has 0 spiro atoms. The summed E-state index contributed by atoms with van der Waals surface area (Å²) >= 11 is 0. The molecule has 0 atom stereocenters. The van der Waals surface area contributed by atoms with Crippen LogP contribution < -0.4 is 15.4 Å². The molecule has 2 N–H and O–H groups in total. The van der Waals surface area contributed by atoms with E-state index < -0.39 is 18.7 Å². The van der Waals surface area contributed by atoms with Gasteiger partial charge in [-0.25, -0.2) is 4.68 Å². The van der Waals surface area contributed by atoms with Crippen LogP contribution in [0.5, 0.6) is 5.75 Å². The minimum atomic E-state index is -4.43. The third-order valence-corrected chi connectivity index (χ3v) is 4.29. The second-order valence-corrected chi connectivity index (χ2v) is 6.34. The average Bonchev–Trinajstić information content (AvgIpc) is 3.02. The fourth-order valence-electron chi connectivity index (χ4n) is 2.97. The van der Waals surface area contributed by atoms with Crippen molar-refractivity contribution in [3.05, 3.63) is 35.7 Å². The first-order valence-corrected chi connectivity index (χ1v) is 8.57. The van der Waals surface area contributed by atoms with Gasteiger partial charge in [-0.05, 0) is 45.0 Å². The smallest absolute Gasteiger partial charge is 0.422 e. The van der Waals surface area contributed by atoms with Gasteiger partial charge in [0.05, 0.1) is 11.7 Å². The first kappa shape index (κ1) is 19.2. The van der Waals surface area contributed by atoms with E-state index in [2.05, 4.69) is 20.9 Å². The number of nitrogens with zero attached hydrogens (tertiary/aromatic N) is 3. The van der Waals surface area contributed by atoms with Gasteiger partial charge in [0.1, 0.15) is 5.75 Å². The predicted molar refractivity (Wildman–Crippen MR) is 91.8 cm³/mol. The maximum Gasteiger partial charge on any atom is 0.422 e. The van der Waals surface area contributed by atoms with E-state index in [1.807, 2.05) is 0 Å². The summed E-state index contributed by atoms with van der Waals surface area (Å²) in [5, 5.41) is 14.0. The summed E-state index contributed by atoms with van der Waals surface area (Å²) in [4.78, 5) is 12.5. The van der Waals surface area contributed by atoms with Gasteiger partial charge >= 0.3 is 6.18 Å². The fraction of sp³-hybridized carbons (Fsp3) is 0.471. The summed E-state index contributed by atoms with van der Waals surface area (Å²) < 4.78 is 43.2. The summed E-state index contributed by atoms with van der Waals surface area (Å²) in [7, 11) is 0. The maximum absolute atomic E-state index is 12.5. The van der Waals surface area contributed by atoms with Crippen molar-refractivity contribution in [2.45, 2.75) is 32.0 Å². The minimum Gasteiger partial charge on any atom is -0.484 e. The molecule has 146 valence electrons. The highest BCUT2D eigenvalue weighted by molar-refractivity contribution is 6.03. The topological polar surface area (TPSA) is 81.1 Å². The quantitative estimate of drug-likeness (QED) is 0.830. The number of halogens is 3. The Hall–Kier alpha value is -2.62. The van der Waals surface area contributed by atoms with Gasteiger partial charge < -0.3 is 15.4 Å². The Bertz CT molecular complexity index is 800. The number of carbonyl (C=O) groups excluding carboxylic acids is 1.